The maximum atomic E-state index is 12.4. The highest BCUT2D eigenvalue weighted by Crippen LogP contribution is 2.33. The smallest absolute Gasteiger partial charge is 0.180 e. The molecule has 114 valence electrons. The Labute approximate surface area is 137 Å². The fourth-order valence-electron chi connectivity index (χ4n) is 1.70. The van der Waals surface area contributed by atoms with E-state index in [-0.39, 0.29) is 10.8 Å². The Morgan fingerprint density at radius 1 is 1.38 bits per heavy atom. The van der Waals surface area contributed by atoms with Gasteiger partial charge in [0, 0.05) is 22.6 Å². The molecule has 1 unspecified atom stereocenters. The molecule has 2 atom stereocenters. The number of nitrogens with one attached hydrogen (secondary N) is 1. The fraction of sp³-hybridized carbons (Fsp3) is 0.357. The molecule has 0 spiro atoms. The van der Waals surface area contributed by atoms with E-state index in [9.17, 15) is 4.55 Å². The fourth-order valence-corrected chi connectivity index (χ4v) is 3.60. The summed E-state index contributed by atoms with van der Waals surface area (Å²) in [5.74, 6) is 0. The van der Waals surface area contributed by atoms with Crippen LogP contribution in [0.1, 0.15) is 37.3 Å². The van der Waals surface area contributed by atoms with E-state index in [1.165, 1.54) is 11.3 Å². The van der Waals surface area contributed by atoms with Crippen molar-refractivity contribution in [2.75, 3.05) is 5.73 Å². The van der Waals surface area contributed by atoms with Gasteiger partial charge < -0.3 is 10.3 Å². The van der Waals surface area contributed by atoms with Crippen LogP contribution in [0.2, 0.25) is 5.02 Å². The van der Waals surface area contributed by atoms with E-state index in [0.717, 1.165) is 10.4 Å². The average molecular weight is 344 g/mol. The Balaban J connectivity index is 2.38. The molecule has 1 heterocycles. The van der Waals surface area contributed by atoms with Gasteiger partial charge in [0.2, 0.25) is 0 Å². The number of halogens is 1. The highest BCUT2D eigenvalue weighted by atomic mass is 35.5. The zero-order valence-corrected chi connectivity index (χ0v) is 14.5. The molecule has 1 aromatic carbocycles. The number of hydrogen-bond acceptors (Lipinski definition) is 5. The van der Waals surface area contributed by atoms with Crippen LogP contribution in [0.25, 0.3) is 0 Å². The standard InChI is InChI=1S/C14H18ClN3OS2/c1-14(2,3)21(19)18-12(11-8-17-13(16)20-11)9-6-4-5-7-10(9)15/h4-8,12,18H,1-3H3,(H2,16,17)/t12-,21?/m0/s1. The molecule has 7 heteroatoms. The maximum absolute atomic E-state index is 12.4. The number of thiazole rings is 1. The van der Waals surface area contributed by atoms with E-state index in [4.69, 9.17) is 17.3 Å². The van der Waals surface area contributed by atoms with Crippen LogP contribution in [0, 0.1) is 0 Å². The number of nitrogens with zero attached hydrogens (tertiary/aromatic N) is 1. The number of rotatable bonds is 4. The predicted molar refractivity (Wildman–Crippen MR) is 90.9 cm³/mol. The van der Waals surface area contributed by atoms with Gasteiger partial charge in [-0.05, 0) is 32.4 Å². The summed E-state index contributed by atoms with van der Waals surface area (Å²) in [4.78, 5) is 4.96. The minimum absolute atomic E-state index is 0.298. The highest BCUT2D eigenvalue weighted by molar-refractivity contribution is 7.90. The Morgan fingerprint density at radius 2 is 2.05 bits per heavy atom. The number of nitrogens with two attached hydrogens (primary N) is 1. The SMILES string of the molecule is CC(C)(C)[S+]([O-])N[C@H](c1cnc(N)s1)c1ccccc1Cl. The lowest BCUT2D eigenvalue weighted by Gasteiger charge is -2.28. The van der Waals surface area contributed by atoms with Crippen molar-refractivity contribution in [1.82, 2.24) is 9.71 Å². The molecular formula is C14H18ClN3OS2. The number of hydrogen-bond donors (Lipinski definition) is 2. The third-order valence-corrected chi connectivity index (χ3v) is 5.62. The molecule has 0 amide bonds. The number of benzene rings is 1. The molecule has 0 radical (unpaired) electrons. The van der Waals surface area contributed by atoms with Gasteiger partial charge in [0.05, 0.1) is 4.88 Å². The first kappa shape index (κ1) is 16.6. The topological polar surface area (TPSA) is 74.0 Å². The number of anilines is 1. The molecule has 0 aliphatic heterocycles. The predicted octanol–water partition coefficient (Wildman–Crippen LogP) is 3.52. The van der Waals surface area contributed by atoms with Crippen LogP contribution in [0.4, 0.5) is 5.13 Å². The van der Waals surface area contributed by atoms with Crippen LogP contribution in [-0.4, -0.2) is 14.3 Å². The lowest BCUT2D eigenvalue weighted by molar-refractivity contribution is 0.536. The van der Waals surface area contributed by atoms with Crippen molar-refractivity contribution < 1.29 is 4.55 Å². The van der Waals surface area contributed by atoms with Gasteiger partial charge in [0.15, 0.2) is 5.13 Å². The minimum atomic E-state index is -1.24. The van der Waals surface area contributed by atoms with Gasteiger partial charge in [-0.3, -0.25) is 0 Å². The van der Waals surface area contributed by atoms with Crippen LogP contribution in [0.3, 0.4) is 0 Å². The molecule has 0 aliphatic carbocycles. The number of aromatic nitrogens is 1. The number of nitrogen functional groups attached to an aromatic ring is 1. The van der Waals surface area contributed by atoms with Crippen molar-refractivity contribution in [1.29, 1.82) is 0 Å². The summed E-state index contributed by atoms with van der Waals surface area (Å²) >= 11 is 6.41. The molecule has 0 bridgehead atoms. The molecule has 0 saturated carbocycles. The van der Waals surface area contributed by atoms with E-state index in [2.05, 4.69) is 9.71 Å². The lowest BCUT2D eigenvalue weighted by Crippen LogP contribution is -2.41. The van der Waals surface area contributed by atoms with E-state index in [1.807, 2.05) is 45.0 Å². The second-order valence-corrected chi connectivity index (χ2v) is 9.05. The van der Waals surface area contributed by atoms with Gasteiger partial charge in [-0.2, -0.15) is 0 Å². The molecule has 4 nitrogen and oxygen atoms in total. The Hall–Kier alpha value is -0.790. The first-order chi connectivity index (χ1) is 9.79. The van der Waals surface area contributed by atoms with Crippen LogP contribution >= 0.6 is 22.9 Å². The van der Waals surface area contributed by atoms with Crippen LogP contribution in [0.5, 0.6) is 0 Å². The second kappa shape index (κ2) is 6.54. The summed E-state index contributed by atoms with van der Waals surface area (Å²) in [6, 6.07) is 7.20. The summed E-state index contributed by atoms with van der Waals surface area (Å²) in [7, 11) is 0. The van der Waals surface area contributed by atoms with Crippen molar-refractivity contribution in [2.24, 2.45) is 0 Å². The van der Waals surface area contributed by atoms with Gasteiger partial charge >= 0.3 is 0 Å². The molecule has 2 aromatic rings. The molecule has 1 aromatic heterocycles. The minimum Gasteiger partial charge on any atom is -0.598 e. The second-order valence-electron chi connectivity index (χ2n) is 5.55. The van der Waals surface area contributed by atoms with Crippen molar-refractivity contribution in [3.63, 3.8) is 0 Å². The molecule has 2 rings (SSSR count). The monoisotopic (exact) mass is 343 g/mol. The third-order valence-electron chi connectivity index (χ3n) is 2.82. The summed E-state index contributed by atoms with van der Waals surface area (Å²) in [5, 5.41) is 1.10. The Bertz CT molecular complexity index is 612. The van der Waals surface area contributed by atoms with Crippen LogP contribution in [0.15, 0.2) is 30.5 Å². The van der Waals surface area contributed by atoms with Gasteiger partial charge in [0.1, 0.15) is 10.8 Å². The summed E-state index contributed by atoms with van der Waals surface area (Å²) in [6.07, 6.45) is 1.70. The first-order valence-corrected chi connectivity index (χ1v) is 8.77. The molecule has 0 fully saturated rings. The summed E-state index contributed by atoms with van der Waals surface area (Å²) < 4.78 is 15.2. The normalized spacial score (nSPS) is 14.9. The van der Waals surface area contributed by atoms with Gasteiger partial charge in [-0.15, -0.1) is 16.1 Å². The largest absolute Gasteiger partial charge is 0.598 e. The lowest BCUT2D eigenvalue weighted by atomic mass is 10.1. The van der Waals surface area contributed by atoms with Crippen molar-refractivity contribution >= 4 is 39.4 Å². The Morgan fingerprint density at radius 3 is 2.57 bits per heavy atom. The summed E-state index contributed by atoms with van der Waals surface area (Å²) in [6.45, 7) is 5.75. The molecule has 0 saturated heterocycles. The molecule has 3 N–H and O–H groups in total. The van der Waals surface area contributed by atoms with Gasteiger partial charge in [-0.25, -0.2) is 4.98 Å². The van der Waals surface area contributed by atoms with Crippen molar-refractivity contribution in [3.05, 3.63) is 45.9 Å². The van der Waals surface area contributed by atoms with E-state index in [0.29, 0.717) is 10.2 Å². The maximum Gasteiger partial charge on any atom is 0.180 e. The zero-order valence-electron chi connectivity index (χ0n) is 12.1. The van der Waals surface area contributed by atoms with E-state index < -0.39 is 11.4 Å². The molecule has 0 aliphatic rings. The molecular weight excluding hydrogens is 326 g/mol. The van der Waals surface area contributed by atoms with E-state index >= 15 is 0 Å². The van der Waals surface area contributed by atoms with Gasteiger partial charge in [0.25, 0.3) is 0 Å². The van der Waals surface area contributed by atoms with Crippen LogP contribution < -0.4 is 10.5 Å². The zero-order chi connectivity index (χ0) is 15.6. The van der Waals surface area contributed by atoms with Crippen molar-refractivity contribution in [2.45, 2.75) is 31.6 Å². The first-order valence-electron chi connectivity index (χ1n) is 6.42. The van der Waals surface area contributed by atoms with Crippen molar-refractivity contribution in [3.8, 4) is 0 Å². The van der Waals surface area contributed by atoms with Gasteiger partial charge in [-0.1, -0.05) is 29.8 Å². The quantitative estimate of drug-likeness (QED) is 0.833. The third kappa shape index (κ3) is 4.11. The Kier molecular flexibility index (Phi) is 5.16. The van der Waals surface area contributed by atoms with Crippen LogP contribution in [-0.2, 0) is 11.4 Å². The molecule has 21 heavy (non-hydrogen) atoms. The summed E-state index contributed by atoms with van der Waals surface area (Å²) in [5.41, 5.74) is 6.58. The average Bonchev–Trinajstić information content (AvgIpc) is 2.82. The van der Waals surface area contributed by atoms with E-state index in [1.54, 1.807) is 6.20 Å². The highest BCUT2D eigenvalue weighted by Gasteiger charge is 2.32.